The maximum absolute atomic E-state index is 6.20. The largest absolute Gasteiger partial charge is 0.326 e. The third kappa shape index (κ3) is 2.88. The van der Waals surface area contributed by atoms with Crippen LogP contribution >= 0.6 is 23.4 Å². The first-order valence-electron chi connectivity index (χ1n) is 5.71. The maximum Gasteiger partial charge on any atom is 0.131 e. The van der Waals surface area contributed by atoms with Gasteiger partial charge in [-0.3, -0.25) is 4.68 Å². The zero-order valence-electron chi connectivity index (χ0n) is 10.5. The van der Waals surface area contributed by atoms with Gasteiger partial charge in [0.05, 0.1) is 5.69 Å². The molecule has 0 saturated carbocycles. The van der Waals surface area contributed by atoms with Gasteiger partial charge in [0.2, 0.25) is 0 Å². The summed E-state index contributed by atoms with van der Waals surface area (Å²) >= 11 is 7.95. The third-order valence-electron chi connectivity index (χ3n) is 2.81. The number of nitrogens with zero attached hydrogens (tertiary/aromatic N) is 2. The number of rotatable bonds is 4. The first-order valence-corrected chi connectivity index (χ1v) is 7.08. The number of benzene rings is 1. The van der Waals surface area contributed by atoms with E-state index in [1.165, 1.54) is 4.90 Å². The Bertz CT molecular complexity index is 534. The van der Waals surface area contributed by atoms with Crippen molar-refractivity contribution >= 4 is 23.4 Å². The molecule has 2 rings (SSSR count). The summed E-state index contributed by atoms with van der Waals surface area (Å²) in [6, 6.07) is 8.29. The van der Waals surface area contributed by atoms with Gasteiger partial charge in [0.25, 0.3) is 0 Å². The van der Waals surface area contributed by atoms with E-state index in [4.69, 9.17) is 17.3 Å². The molecule has 0 saturated heterocycles. The lowest BCUT2D eigenvalue weighted by Crippen LogP contribution is -1.95. The normalized spacial score (nSPS) is 10.9. The zero-order valence-corrected chi connectivity index (χ0v) is 12.1. The number of nitrogens with two attached hydrogens (primary N) is 1. The van der Waals surface area contributed by atoms with E-state index in [-0.39, 0.29) is 0 Å². The van der Waals surface area contributed by atoms with Gasteiger partial charge in [-0.1, -0.05) is 23.7 Å². The topological polar surface area (TPSA) is 43.8 Å². The van der Waals surface area contributed by atoms with Crippen LogP contribution in [0.5, 0.6) is 0 Å². The van der Waals surface area contributed by atoms with Crippen molar-refractivity contribution in [1.29, 1.82) is 0 Å². The van der Waals surface area contributed by atoms with Crippen LogP contribution < -0.4 is 5.73 Å². The molecule has 2 aromatic rings. The minimum Gasteiger partial charge on any atom is -0.326 e. The minimum atomic E-state index is 0.582. The van der Waals surface area contributed by atoms with Gasteiger partial charge < -0.3 is 5.73 Å². The standard InChI is InChI=1S/C13H16ClN3S/c1-9-12(13(14)17(2)16-9)8-18-11-5-3-10(7-15)4-6-11/h3-6H,7-8,15H2,1-2H3. The van der Waals surface area contributed by atoms with E-state index in [1.54, 1.807) is 16.4 Å². The van der Waals surface area contributed by atoms with E-state index in [1.807, 2.05) is 14.0 Å². The van der Waals surface area contributed by atoms with Gasteiger partial charge in [-0.15, -0.1) is 11.8 Å². The summed E-state index contributed by atoms with van der Waals surface area (Å²) in [5.74, 6) is 0.834. The average molecular weight is 282 g/mol. The SMILES string of the molecule is Cc1nn(C)c(Cl)c1CSc1ccc(CN)cc1. The predicted octanol–water partition coefficient (Wildman–Crippen LogP) is 3.13. The average Bonchev–Trinajstić information content (AvgIpc) is 2.62. The van der Waals surface area contributed by atoms with Gasteiger partial charge in [-0.05, 0) is 24.6 Å². The van der Waals surface area contributed by atoms with E-state index < -0.39 is 0 Å². The highest BCUT2D eigenvalue weighted by atomic mass is 35.5. The van der Waals surface area contributed by atoms with Crippen LogP contribution in [0.4, 0.5) is 0 Å². The number of hydrogen-bond acceptors (Lipinski definition) is 3. The highest BCUT2D eigenvalue weighted by molar-refractivity contribution is 7.98. The number of thioether (sulfide) groups is 1. The third-order valence-corrected chi connectivity index (χ3v) is 4.32. The molecule has 0 bridgehead atoms. The summed E-state index contributed by atoms with van der Waals surface area (Å²) < 4.78 is 1.71. The lowest BCUT2D eigenvalue weighted by Gasteiger charge is -2.03. The molecular weight excluding hydrogens is 266 g/mol. The summed E-state index contributed by atoms with van der Waals surface area (Å²) in [6.07, 6.45) is 0. The van der Waals surface area contributed by atoms with Gasteiger partial charge in [-0.2, -0.15) is 5.10 Å². The smallest absolute Gasteiger partial charge is 0.131 e. The molecule has 1 aromatic heterocycles. The van der Waals surface area contributed by atoms with Crippen molar-refractivity contribution < 1.29 is 0 Å². The Morgan fingerprint density at radius 1 is 1.33 bits per heavy atom. The molecular formula is C13H16ClN3S. The van der Waals surface area contributed by atoms with E-state index in [2.05, 4.69) is 29.4 Å². The highest BCUT2D eigenvalue weighted by Crippen LogP contribution is 2.28. The van der Waals surface area contributed by atoms with Crippen molar-refractivity contribution in [3.8, 4) is 0 Å². The molecule has 5 heteroatoms. The Morgan fingerprint density at radius 3 is 2.50 bits per heavy atom. The molecule has 3 nitrogen and oxygen atoms in total. The Labute approximate surface area is 116 Å². The molecule has 0 amide bonds. The molecule has 0 aliphatic carbocycles. The predicted molar refractivity (Wildman–Crippen MR) is 76.8 cm³/mol. The number of halogens is 1. The lowest BCUT2D eigenvalue weighted by molar-refractivity contribution is 0.757. The van der Waals surface area contributed by atoms with Gasteiger partial charge in [0.15, 0.2) is 0 Å². The summed E-state index contributed by atoms with van der Waals surface area (Å²) in [5.41, 5.74) is 8.82. The van der Waals surface area contributed by atoms with Gasteiger partial charge >= 0.3 is 0 Å². The first-order chi connectivity index (χ1) is 8.61. The van der Waals surface area contributed by atoms with Crippen LogP contribution in [0, 0.1) is 6.92 Å². The minimum absolute atomic E-state index is 0.582. The van der Waals surface area contributed by atoms with Gasteiger partial charge in [0, 0.05) is 29.8 Å². The number of hydrogen-bond donors (Lipinski definition) is 1. The number of aromatic nitrogens is 2. The molecule has 18 heavy (non-hydrogen) atoms. The summed E-state index contributed by atoms with van der Waals surface area (Å²) in [7, 11) is 1.86. The molecule has 0 aliphatic rings. The molecule has 0 aliphatic heterocycles. The lowest BCUT2D eigenvalue weighted by atomic mass is 10.2. The Kier molecular flexibility index (Phi) is 4.32. The quantitative estimate of drug-likeness (QED) is 0.876. The molecule has 0 radical (unpaired) electrons. The molecule has 0 atom stereocenters. The van der Waals surface area contributed by atoms with E-state index in [9.17, 15) is 0 Å². The van der Waals surface area contributed by atoms with Crippen LogP contribution in [0.3, 0.4) is 0 Å². The van der Waals surface area contributed by atoms with Crippen molar-refractivity contribution in [2.75, 3.05) is 0 Å². The van der Waals surface area contributed by atoms with Crippen LogP contribution in [0.15, 0.2) is 29.2 Å². The zero-order chi connectivity index (χ0) is 13.1. The fraction of sp³-hybridized carbons (Fsp3) is 0.308. The van der Waals surface area contributed by atoms with Crippen molar-refractivity contribution in [1.82, 2.24) is 9.78 Å². The van der Waals surface area contributed by atoms with Crippen molar-refractivity contribution in [3.63, 3.8) is 0 Å². The monoisotopic (exact) mass is 281 g/mol. The second-order valence-corrected chi connectivity index (χ2v) is 5.52. The molecule has 96 valence electrons. The summed E-state index contributed by atoms with van der Waals surface area (Å²) in [6.45, 7) is 2.57. The fourth-order valence-corrected chi connectivity index (χ4v) is 3.02. The van der Waals surface area contributed by atoms with E-state index in [0.717, 1.165) is 27.7 Å². The van der Waals surface area contributed by atoms with Gasteiger partial charge in [-0.25, -0.2) is 0 Å². The molecule has 2 N–H and O–H groups in total. The van der Waals surface area contributed by atoms with E-state index in [0.29, 0.717) is 6.54 Å². The van der Waals surface area contributed by atoms with Crippen LogP contribution in [-0.2, 0) is 19.3 Å². The van der Waals surface area contributed by atoms with E-state index >= 15 is 0 Å². The van der Waals surface area contributed by atoms with Crippen molar-refractivity contribution in [2.24, 2.45) is 12.8 Å². The summed E-state index contributed by atoms with van der Waals surface area (Å²) in [5, 5.41) is 5.03. The van der Waals surface area contributed by atoms with Crippen LogP contribution in [-0.4, -0.2) is 9.78 Å². The Hall–Kier alpha value is -0.970. The van der Waals surface area contributed by atoms with Crippen molar-refractivity contribution in [2.45, 2.75) is 24.1 Å². The first kappa shape index (κ1) is 13.5. The van der Waals surface area contributed by atoms with Crippen molar-refractivity contribution in [3.05, 3.63) is 46.2 Å². The molecule has 0 fully saturated rings. The molecule has 1 aromatic carbocycles. The second kappa shape index (κ2) is 5.78. The van der Waals surface area contributed by atoms with Crippen LogP contribution in [0.2, 0.25) is 5.15 Å². The Morgan fingerprint density at radius 2 is 2.00 bits per heavy atom. The summed E-state index contributed by atoms with van der Waals surface area (Å²) in [4.78, 5) is 1.21. The molecule has 0 unspecified atom stereocenters. The number of aryl methyl sites for hydroxylation is 2. The van der Waals surface area contributed by atoms with Gasteiger partial charge in [0.1, 0.15) is 5.15 Å². The second-order valence-electron chi connectivity index (χ2n) is 4.12. The van der Waals surface area contributed by atoms with Crippen LogP contribution in [0.25, 0.3) is 0 Å². The Balaban J connectivity index is 2.06. The molecule has 0 spiro atoms. The highest BCUT2D eigenvalue weighted by Gasteiger charge is 2.11. The van der Waals surface area contributed by atoms with Crippen LogP contribution in [0.1, 0.15) is 16.8 Å². The maximum atomic E-state index is 6.20. The molecule has 1 heterocycles. The fourth-order valence-electron chi connectivity index (χ4n) is 1.72.